The molecule has 120 valence electrons. The number of para-hydroxylation sites is 2. The van der Waals surface area contributed by atoms with Crippen LogP contribution in [0.4, 0.5) is 4.79 Å². The lowest BCUT2D eigenvalue weighted by molar-refractivity contribution is 0.0527. The monoisotopic (exact) mass is 303 g/mol. The molecule has 0 aliphatic carbocycles. The Balaban J connectivity index is 1.60. The fourth-order valence-corrected chi connectivity index (χ4v) is 2.22. The van der Waals surface area contributed by atoms with Crippen LogP contribution in [0, 0.1) is 0 Å². The number of ether oxygens (including phenoxy) is 1. The maximum Gasteiger partial charge on any atom is 0.407 e. The summed E-state index contributed by atoms with van der Waals surface area (Å²) in [5, 5.41) is 2.77. The van der Waals surface area contributed by atoms with Crippen LogP contribution in [-0.2, 0) is 11.2 Å². The van der Waals surface area contributed by atoms with E-state index in [9.17, 15) is 4.79 Å². The molecule has 1 amide bonds. The highest BCUT2D eigenvalue weighted by Crippen LogP contribution is 2.12. The zero-order valence-corrected chi connectivity index (χ0v) is 13.6. The second-order valence-electron chi connectivity index (χ2n) is 6.44. The molecule has 2 aromatic rings. The molecule has 0 saturated carbocycles. The average molecular weight is 303 g/mol. The Kier molecular flexibility index (Phi) is 5.41. The number of fused-ring (bicyclic) bond motifs is 1. The van der Waals surface area contributed by atoms with Crippen LogP contribution in [0.25, 0.3) is 11.0 Å². The third-order valence-corrected chi connectivity index (χ3v) is 3.20. The summed E-state index contributed by atoms with van der Waals surface area (Å²) < 4.78 is 5.18. The van der Waals surface area contributed by atoms with E-state index in [1.165, 1.54) is 0 Å². The molecule has 0 unspecified atom stereocenters. The van der Waals surface area contributed by atoms with Gasteiger partial charge in [-0.15, -0.1) is 0 Å². The molecule has 0 aliphatic rings. The molecule has 0 fully saturated rings. The van der Waals surface area contributed by atoms with Gasteiger partial charge in [-0.05, 0) is 45.7 Å². The minimum Gasteiger partial charge on any atom is -0.444 e. The van der Waals surface area contributed by atoms with Crippen LogP contribution in [0.15, 0.2) is 24.3 Å². The van der Waals surface area contributed by atoms with Crippen molar-refractivity contribution in [3.63, 3.8) is 0 Å². The van der Waals surface area contributed by atoms with Crippen molar-refractivity contribution in [1.82, 2.24) is 15.3 Å². The summed E-state index contributed by atoms with van der Waals surface area (Å²) in [5.74, 6) is 1.03. The van der Waals surface area contributed by atoms with Crippen LogP contribution in [0.2, 0.25) is 0 Å². The fourth-order valence-electron chi connectivity index (χ4n) is 2.22. The standard InChI is InChI=1S/C17H25N3O2/c1-17(2,3)22-16(21)18-12-8-4-5-11-15-19-13-9-6-7-10-14(13)20-15/h6-7,9-10H,4-5,8,11-12H2,1-3H3,(H,18,21)(H,19,20). The van der Waals surface area contributed by atoms with Gasteiger partial charge in [0, 0.05) is 13.0 Å². The van der Waals surface area contributed by atoms with Gasteiger partial charge < -0.3 is 15.0 Å². The van der Waals surface area contributed by atoms with Crippen molar-refractivity contribution in [2.75, 3.05) is 6.54 Å². The first-order chi connectivity index (χ1) is 10.4. The van der Waals surface area contributed by atoms with Crippen molar-refractivity contribution < 1.29 is 9.53 Å². The van der Waals surface area contributed by atoms with Gasteiger partial charge in [-0.1, -0.05) is 18.6 Å². The van der Waals surface area contributed by atoms with Crippen molar-refractivity contribution in [1.29, 1.82) is 0 Å². The van der Waals surface area contributed by atoms with E-state index in [-0.39, 0.29) is 6.09 Å². The van der Waals surface area contributed by atoms with E-state index in [4.69, 9.17) is 4.74 Å². The molecule has 0 bridgehead atoms. The zero-order chi connectivity index (χ0) is 16.0. The van der Waals surface area contributed by atoms with Crippen LogP contribution in [0.5, 0.6) is 0 Å². The third-order valence-electron chi connectivity index (χ3n) is 3.20. The Bertz CT molecular complexity index is 581. The first-order valence-electron chi connectivity index (χ1n) is 7.84. The molecule has 5 nitrogen and oxygen atoms in total. The van der Waals surface area contributed by atoms with Crippen molar-refractivity contribution in [2.24, 2.45) is 0 Å². The van der Waals surface area contributed by atoms with Gasteiger partial charge in [-0.3, -0.25) is 0 Å². The Morgan fingerprint density at radius 3 is 2.73 bits per heavy atom. The van der Waals surface area contributed by atoms with E-state index in [1.807, 2.05) is 45.0 Å². The highest BCUT2D eigenvalue weighted by Gasteiger charge is 2.15. The predicted molar refractivity (Wildman–Crippen MR) is 87.9 cm³/mol. The van der Waals surface area contributed by atoms with E-state index < -0.39 is 5.60 Å². The minimum atomic E-state index is -0.439. The van der Waals surface area contributed by atoms with Crippen molar-refractivity contribution in [2.45, 2.75) is 52.1 Å². The van der Waals surface area contributed by atoms with Crippen molar-refractivity contribution in [3.8, 4) is 0 Å². The van der Waals surface area contributed by atoms with Crippen molar-refractivity contribution >= 4 is 17.1 Å². The Morgan fingerprint density at radius 2 is 2.00 bits per heavy atom. The quantitative estimate of drug-likeness (QED) is 0.798. The lowest BCUT2D eigenvalue weighted by Crippen LogP contribution is -2.32. The zero-order valence-electron chi connectivity index (χ0n) is 13.6. The van der Waals surface area contributed by atoms with Gasteiger partial charge in [0.1, 0.15) is 11.4 Å². The third kappa shape index (κ3) is 5.39. The first-order valence-corrected chi connectivity index (χ1v) is 7.84. The summed E-state index contributed by atoms with van der Waals surface area (Å²) >= 11 is 0. The number of aromatic amines is 1. The maximum absolute atomic E-state index is 11.5. The Labute approximate surface area is 131 Å². The molecule has 0 saturated heterocycles. The number of imidazole rings is 1. The number of nitrogens with zero attached hydrogens (tertiary/aromatic N) is 1. The second kappa shape index (κ2) is 7.29. The van der Waals surface area contributed by atoms with Gasteiger partial charge in [0.05, 0.1) is 11.0 Å². The number of unbranched alkanes of at least 4 members (excludes halogenated alkanes) is 2. The summed E-state index contributed by atoms with van der Waals surface area (Å²) in [7, 11) is 0. The number of H-pyrrole nitrogens is 1. The SMILES string of the molecule is CC(C)(C)OC(=O)NCCCCCc1nc2ccccc2[nH]1. The van der Waals surface area contributed by atoms with Crippen LogP contribution in [-0.4, -0.2) is 28.2 Å². The number of benzene rings is 1. The molecule has 22 heavy (non-hydrogen) atoms. The maximum atomic E-state index is 11.5. The number of nitrogens with one attached hydrogen (secondary N) is 2. The number of aryl methyl sites for hydroxylation is 1. The van der Waals surface area contributed by atoms with Crippen LogP contribution < -0.4 is 5.32 Å². The molecule has 2 rings (SSSR count). The van der Waals surface area contributed by atoms with Gasteiger partial charge in [0.25, 0.3) is 0 Å². The van der Waals surface area contributed by atoms with Crippen LogP contribution >= 0.6 is 0 Å². The van der Waals surface area contributed by atoms with E-state index in [0.717, 1.165) is 42.5 Å². The van der Waals surface area contributed by atoms with Gasteiger partial charge in [-0.25, -0.2) is 9.78 Å². The number of amides is 1. The summed E-state index contributed by atoms with van der Waals surface area (Å²) in [6, 6.07) is 8.05. The van der Waals surface area contributed by atoms with Gasteiger partial charge in [0.15, 0.2) is 0 Å². The van der Waals surface area contributed by atoms with Gasteiger partial charge in [0.2, 0.25) is 0 Å². The van der Waals surface area contributed by atoms with Gasteiger partial charge >= 0.3 is 6.09 Å². The number of aromatic nitrogens is 2. The van der Waals surface area contributed by atoms with E-state index >= 15 is 0 Å². The van der Waals surface area contributed by atoms with Crippen LogP contribution in [0.3, 0.4) is 0 Å². The lowest BCUT2D eigenvalue weighted by Gasteiger charge is -2.19. The Morgan fingerprint density at radius 1 is 1.23 bits per heavy atom. The number of carbonyl (C=O) groups excluding carboxylic acids is 1. The summed E-state index contributed by atoms with van der Waals surface area (Å²) in [4.78, 5) is 19.3. The highest BCUT2D eigenvalue weighted by molar-refractivity contribution is 5.74. The number of hydrogen-bond donors (Lipinski definition) is 2. The van der Waals surface area contributed by atoms with E-state index in [0.29, 0.717) is 6.54 Å². The number of alkyl carbamates (subject to hydrolysis) is 1. The molecule has 1 aromatic heterocycles. The normalized spacial score (nSPS) is 11.6. The fraction of sp³-hybridized carbons (Fsp3) is 0.529. The van der Waals surface area contributed by atoms with Crippen molar-refractivity contribution in [3.05, 3.63) is 30.1 Å². The molecule has 0 aliphatic heterocycles. The Hall–Kier alpha value is -2.04. The molecular formula is C17H25N3O2. The summed E-state index contributed by atoms with van der Waals surface area (Å²) in [6.07, 6.45) is 3.63. The lowest BCUT2D eigenvalue weighted by atomic mass is 10.2. The summed E-state index contributed by atoms with van der Waals surface area (Å²) in [5.41, 5.74) is 1.67. The van der Waals surface area contributed by atoms with E-state index in [1.54, 1.807) is 0 Å². The van der Waals surface area contributed by atoms with Crippen LogP contribution in [0.1, 0.15) is 45.9 Å². The largest absolute Gasteiger partial charge is 0.444 e. The van der Waals surface area contributed by atoms with Gasteiger partial charge in [-0.2, -0.15) is 0 Å². The molecular weight excluding hydrogens is 278 g/mol. The topological polar surface area (TPSA) is 67.0 Å². The molecule has 0 spiro atoms. The predicted octanol–water partition coefficient (Wildman–Crippen LogP) is 3.80. The number of rotatable bonds is 6. The van der Waals surface area contributed by atoms with E-state index in [2.05, 4.69) is 15.3 Å². The number of hydrogen-bond acceptors (Lipinski definition) is 3. The first kappa shape index (κ1) is 16.3. The minimum absolute atomic E-state index is 0.343. The molecule has 1 aromatic carbocycles. The molecule has 2 N–H and O–H groups in total. The molecule has 1 heterocycles. The number of carbonyl (C=O) groups is 1. The second-order valence-corrected chi connectivity index (χ2v) is 6.44. The average Bonchev–Trinajstić information content (AvgIpc) is 2.83. The summed E-state index contributed by atoms with van der Waals surface area (Å²) in [6.45, 7) is 6.23. The smallest absolute Gasteiger partial charge is 0.407 e. The molecule has 5 heteroatoms. The highest BCUT2D eigenvalue weighted by atomic mass is 16.6. The molecule has 0 atom stereocenters. The molecule has 0 radical (unpaired) electrons.